The first-order chi connectivity index (χ1) is 6.81. The molecule has 3 nitrogen and oxygen atoms in total. The van der Waals surface area contributed by atoms with Gasteiger partial charge in [0.2, 0.25) is 0 Å². The summed E-state index contributed by atoms with van der Waals surface area (Å²) in [6.45, 7) is 1.59. The van der Waals surface area contributed by atoms with Crippen molar-refractivity contribution in [3.05, 3.63) is 28.9 Å². The molecule has 0 bridgehead atoms. The number of halogens is 1. The van der Waals surface area contributed by atoms with Gasteiger partial charge >= 0.3 is 0 Å². The van der Waals surface area contributed by atoms with Crippen LogP contribution in [0.15, 0.2) is 28.9 Å². The molecular weight excluding hydrogens is 242 g/mol. The molecule has 0 atom stereocenters. The van der Waals surface area contributed by atoms with Crippen molar-refractivity contribution < 1.29 is 0 Å². The molecule has 4 heteroatoms. The standard InChI is InChI=1S/C10H12BrN3/c11-9-4-1-3-8-7-14(6-2-5-12)13-10(8)9/h1,3-4,7H,2,5-6,12H2. The molecule has 0 aliphatic heterocycles. The fourth-order valence-corrected chi connectivity index (χ4v) is 1.89. The van der Waals surface area contributed by atoms with Gasteiger partial charge < -0.3 is 5.73 Å². The van der Waals surface area contributed by atoms with Crippen LogP contribution >= 0.6 is 15.9 Å². The minimum atomic E-state index is 0.706. The summed E-state index contributed by atoms with van der Waals surface area (Å²) in [6, 6.07) is 6.08. The average Bonchev–Trinajstić information content (AvgIpc) is 2.59. The van der Waals surface area contributed by atoms with E-state index in [0.717, 1.165) is 28.3 Å². The van der Waals surface area contributed by atoms with E-state index in [-0.39, 0.29) is 0 Å². The molecule has 0 radical (unpaired) electrons. The summed E-state index contributed by atoms with van der Waals surface area (Å²) in [6.07, 6.45) is 3.02. The zero-order chi connectivity index (χ0) is 9.97. The number of aryl methyl sites for hydroxylation is 1. The molecule has 0 spiro atoms. The lowest BCUT2D eigenvalue weighted by molar-refractivity contribution is 0.590. The Bertz CT molecular complexity index is 436. The maximum atomic E-state index is 5.45. The quantitative estimate of drug-likeness (QED) is 0.911. The first kappa shape index (κ1) is 9.68. The summed E-state index contributed by atoms with van der Waals surface area (Å²) in [5.41, 5.74) is 6.47. The van der Waals surface area contributed by atoms with E-state index in [1.54, 1.807) is 0 Å². The van der Waals surface area contributed by atoms with Crippen LogP contribution in [0.2, 0.25) is 0 Å². The number of nitrogens with zero attached hydrogens (tertiary/aromatic N) is 2. The van der Waals surface area contributed by atoms with Crippen molar-refractivity contribution in [3.63, 3.8) is 0 Å². The van der Waals surface area contributed by atoms with Gasteiger partial charge in [-0.05, 0) is 35.0 Å². The van der Waals surface area contributed by atoms with Gasteiger partial charge in [0.1, 0.15) is 5.52 Å². The topological polar surface area (TPSA) is 43.8 Å². The largest absolute Gasteiger partial charge is 0.330 e. The highest BCUT2D eigenvalue weighted by Gasteiger charge is 2.02. The van der Waals surface area contributed by atoms with Crippen LogP contribution in [0.3, 0.4) is 0 Å². The summed E-state index contributed by atoms with van der Waals surface area (Å²) in [5.74, 6) is 0. The normalized spacial score (nSPS) is 11.0. The van der Waals surface area contributed by atoms with Gasteiger partial charge in [-0.15, -0.1) is 0 Å². The number of fused-ring (bicyclic) bond motifs is 1. The Morgan fingerprint density at radius 1 is 1.43 bits per heavy atom. The zero-order valence-corrected chi connectivity index (χ0v) is 9.37. The van der Waals surface area contributed by atoms with Gasteiger partial charge in [-0.1, -0.05) is 12.1 Å². The molecule has 14 heavy (non-hydrogen) atoms. The molecule has 0 saturated carbocycles. The fourth-order valence-electron chi connectivity index (χ4n) is 1.43. The van der Waals surface area contributed by atoms with E-state index in [1.807, 2.05) is 16.8 Å². The average molecular weight is 254 g/mol. The van der Waals surface area contributed by atoms with E-state index >= 15 is 0 Å². The van der Waals surface area contributed by atoms with Crippen LogP contribution in [-0.4, -0.2) is 16.3 Å². The molecule has 1 aromatic heterocycles. The molecule has 0 aliphatic carbocycles. The summed E-state index contributed by atoms with van der Waals surface area (Å²) in [5, 5.41) is 5.63. The number of rotatable bonds is 3. The van der Waals surface area contributed by atoms with Gasteiger partial charge in [-0.3, -0.25) is 4.68 Å². The first-order valence-electron chi connectivity index (χ1n) is 4.63. The van der Waals surface area contributed by atoms with Crippen LogP contribution in [0.1, 0.15) is 6.42 Å². The van der Waals surface area contributed by atoms with Gasteiger partial charge in [0.05, 0.1) is 0 Å². The Morgan fingerprint density at radius 3 is 3.00 bits per heavy atom. The Balaban J connectivity index is 2.36. The molecule has 0 fully saturated rings. The Hall–Kier alpha value is -0.870. The van der Waals surface area contributed by atoms with Crippen molar-refractivity contribution in [2.75, 3.05) is 6.54 Å². The maximum Gasteiger partial charge on any atom is 0.106 e. The molecule has 74 valence electrons. The van der Waals surface area contributed by atoms with Crippen LogP contribution < -0.4 is 5.73 Å². The van der Waals surface area contributed by atoms with E-state index in [0.29, 0.717) is 6.54 Å². The third-order valence-corrected chi connectivity index (χ3v) is 2.77. The lowest BCUT2D eigenvalue weighted by Crippen LogP contribution is -2.05. The highest BCUT2D eigenvalue weighted by Crippen LogP contribution is 2.21. The van der Waals surface area contributed by atoms with Crippen LogP contribution in [0, 0.1) is 0 Å². The van der Waals surface area contributed by atoms with Crippen molar-refractivity contribution in [2.45, 2.75) is 13.0 Å². The van der Waals surface area contributed by atoms with E-state index in [1.165, 1.54) is 0 Å². The van der Waals surface area contributed by atoms with Crippen molar-refractivity contribution in [3.8, 4) is 0 Å². The lowest BCUT2D eigenvalue weighted by atomic mass is 10.3. The van der Waals surface area contributed by atoms with E-state index < -0.39 is 0 Å². The molecular formula is C10H12BrN3. The highest BCUT2D eigenvalue weighted by atomic mass is 79.9. The second-order valence-corrected chi connectivity index (χ2v) is 4.07. The summed E-state index contributed by atoms with van der Waals surface area (Å²) in [4.78, 5) is 0. The van der Waals surface area contributed by atoms with Gasteiger partial charge in [0, 0.05) is 22.6 Å². The van der Waals surface area contributed by atoms with Crippen LogP contribution in [0.25, 0.3) is 10.9 Å². The fraction of sp³-hybridized carbons (Fsp3) is 0.300. The number of aromatic nitrogens is 2. The highest BCUT2D eigenvalue weighted by molar-refractivity contribution is 9.10. The van der Waals surface area contributed by atoms with Crippen molar-refractivity contribution in [1.82, 2.24) is 9.78 Å². The molecule has 2 aromatic rings. The Kier molecular flexibility index (Phi) is 2.84. The van der Waals surface area contributed by atoms with Gasteiger partial charge in [0.25, 0.3) is 0 Å². The monoisotopic (exact) mass is 253 g/mol. The smallest absolute Gasteiger partial charge is 0.106 e. The van der Waals surface area contributed by atoms with Crippen molar-refractivity contribution >= 4 is 26.8 Å². The molecule has 0 aliphatic rings. The Labute approximate surface area is 91.0 Å². The Morgan fingerprint density at radius 2 is 2.29 bits per heavy atom. The van der Waals surface area contributed by atoms with Gasteiger partial charge in [0.15, 0.2) is 0 Å². The van der Waals surface area contributed by atoms with Gasteiger partial charge in [-0.2, -0.15) is 5.10 Å². The summed E-state index contributed by atoms with van der Waals surface area (Å²) >= 11 is 3.48. The predicted molar refractivity (Wildman–Crippen MR) is 61.1 cm³/mol. The SMILES string of the molecule is NCCCn1cc2cccc(Br)c2n1. The first-order valence-corrected chi connectivity index (χ1v) is 5.42. The zero-order valence-electron chi connectivity index (χ0n) is 7.78. The number of nitrogens with two attached hydrogens (primary N) is 1. The third-order valence-electron chi connectivity index (χ3n) is 2.13. The van der Waals surface area contributed by atoms with Crippen LogP contribution in [-0.2, 0) is 6.54 Å². The molecule has 2 rings (SSSR count). The van der Waals surface area contributed by atoms with Crippen molar-refractivity contribution in [2.24, 2.45) is 5.73 Å². The number of hydrogen-bond acceptors (Lipinski definition) is 2. The maximum absolute atomic E-state index is 5.45. The number of hydrogen-bond donors (Lipinski definition) is 1. The minimum absolute atomic E-state index is 0.706. The third kappa shape index (κ3) is 1.81. The van der Waals surface area contributed by atoms with E-state index in [4.69, 9.17) is 5.73 Å². The summed E-state index contributed by atoms with van der Waals surface area (Å²) in [7, 11) is 0. The minimum Gasteiger partial charge on any atom is -0.330 e. The predicted octanol–water partition coefficient (Wildman–Crippen LogP) is 2.15. The molecule has 1 aromatic carbocycles. The van der Waals surface area contributed by atoms with Crippen LogP contribution in [0.4, 0.5) is 0 Å². The van der Waals surface area contributed by atoms with Crippen molar-refractivity contribution in [1.29, 1.82) is 0 Å². The van der Waals surface area contributed by atoms with Crippen LogP contribution in [0.5, 0.6) is 0 Å². The second-order valence-electron chi connectivity index (χ2n) is 3.21. The molecule has 0 unspecified atom stereocenters. The van der Waals surface area contributed by atoms with E-state index in [9.17, 15) is 0 Å². The lowest BCUT2D eigenvalue weighted by Gasteiger charge is -1.96. The van der Waals surface area contributed by atoms with E-state index in [2.05, 4.69) is 33.3 Å². The molecule has 2 N–H and O–H groups in total. The number of benzene rings is 1. The second kappa shape index (κ2) is 4.11. The molecule has 0 amide bonds. The molecule has 1 heterocycles. The van der Waals surface area contributed by atoms with Gasteiger partial charge in [-0.25, -0.2) is 0 Å². The molecule has 0 saturated heterocycles. The summed E-state index contributed by atoms with van der Waals surface area (Å²) < 4.78 is 2.99.